The van der Waals surface area contributed by atoms with Gasteiger partial charge in [-0.15, -0.1) is 12.4 Å². The van der Waals surface area contributed by atoms with E-state index in [4.69, 9.17) is 4.74 Å². The SMILES string of the molecule is COc1cccc(C2(O)CCC3(CC2CN(C)C)c2[nH]c4ccccc4c2CCN3C(C)=O)c1.Cl. The second kappa shape index (κ2) is 9.49. The Morgan fingerprint density at radius 2 is 1.97 bits per heavy atom. The van der Waals surface area contributed by atoms with E-state index in [0.29, 0.717) is 25.8 Å². The third-order valence-electron chi connectivity index (χ3n) is 8.10. The predicted octanol–water partition coefficient (Wildman–Crippen LogP) is 4.45. The number of benzene rings is 2. The van der Waals surface area contributed by atoms with E-state index in [1.807, 2.05) is 38.4 Å². The highest BCUT2D eigenvalue weighted by Gasteiger charge is 2.55. The summed E-state index contributed by atoms with van der Waals surface area (Å²) in [5, 5.41) is 13.5. The number of methoxy groups -OCH3 is 1. The minimum absolute atomic E-state index is 0. The predicted molar refractivity (Wildman–Crippen MR) is 141 cm³/mol. The molecule has 3 unspecified atom stereocenters. The van der Waals surface area contributed by atoms with Crippen LogP contribution in [0.2, 0.25) is 0 Å². The Morgan fingerprint density at radius 1 is 1.20 bits per heavy atom. The van der Waals surface area contributed by atoms with E-state index in [-0.39, 0.29) is 24.2 Å². The number of H-pyrrole nitrogens is 1. The lowest BCUT2D eigenvalue weighted by Crippen LogP contribution is -2.59. The van der Waals surface area contributed by atoms with E-state index in [2.05, 4.69) is 39.0 Å². The molecule has 2 heterocycles. The molecule has 2 aromatic carbocycles. The number of carbonyl (C=O) groups excluding carboxylic acids is 1. The maximum Gasteiger partial charge on any atom is 0.220 e. The normalized spacial score (nSPS) is 26.0. The zero-order valence-corrected chi connectivity index (χ0v) is 21.8. The molecule has 1 fully saturated rings. The summed E-state index contributed by atoms with van der Waals surface area (Å²) in [6.07, 6.45) is 2.80. The number of para-hydroxylation sites is 1. The smallest absolute Gasteiger partial charge is 0.220 e. The van der Waals surface area contributed by atoms with Gasteiger partial charge in [0.2, 0.25) is 5.91 Å². The van der Waals surface area contributed by atoms with Gasteiger partial charge in [-0.3, -0.25) is 4.79 Å². The quantitative estimate of drug-likeness (QED) is 0.559. The van der Waals surface area contributed by atoms with Crippen LogP contribution in [0.4, 0.5) is 0 Å². The Kier molecular flexibility index (Phi) is 6.93. The lowest BCUT2D eigenvalue weighted by Gasteiger charge is -2.55. The van der Waals surface area contributed by atoms with E-state index in [1.165, 1.54) is 10.9 Å². The van der Waals surface area contributed by atoms with Crippen molar-refractivity contribution in [2.24, 2.45) is 5.92 Å². The van der Waals surface area contributed by atoms with Gasteiger partial charge in [0.25, 0.3) is 0 Å². The molecule has 2 aliphatic rings. The van der Waals surface area contributed by atoms with Crippen molar-refractivity contribution in [1.82, 2.24) is 14.8 Å². The van der Waals surface area contributed by atoms with Gasteiger partial charge in [-0.2, -0.15) is 0 Å². The van der Waals surface area contributed by atoms with Crippen molar-refractivity contribution in [2.45, 2.75) is 43.7 Å². The van der Waals surface area contributed by atoms with Crippen LogP contribution >= 0.6 is 12.4 Å². The Morgan fingerprint density at radius 3 is 2.69 bits per heavy atom. The standard InChI is InChI=1S/C28H35N3O3.ClH/c1-19(32)31-15-12-24-23-10-5-6-11-25(23)29-26(24)27(31)13-14-28(33,21(17-27)18-30(2)3)20-8-7-9-22(16-20)34-4;/h5-11,16,21,29,33H,12-15,17-18H2,1-4H3;1H. The zero-order valence-electron chi connectivity index (χ0n) is 21.0. The van der Waals surface area contributed by atoms with Gasteiger partial charge in [-0.25, -0.2) is 0 Å². The molecule has 1 saturated carbocycles. The first-order chi connectivity index (χ1) is 16.3. The second-order valence-corrected chi connectivity index (χ2v) is 10.3. The number of aromatic amines is 1. The molecular weight excluding hydrogens is 462 g/mol. The Hall–Kier alpha value is -2.54. The number of nitrogens with zero attached hydrogens (tertiary/aromatic N) is 2. The summed E-state index contributed by atoms with van der Waals surface area (Å²) in [7, 11) is 5.75. The van der Waals surface area contributed by atoms with Gasteiger partial charge >= 0.3 is 0 Å². The van der Waals surface area contributed by atoms with Crippen molar-refractivity contribution in [3.05, 3.63) is 65.4 Å². The van der Waals surface area contributed by atoms with Gasteiger partial charge in [0.1, 0.15) is 5.75 Å². The minimum atomic E-state index is -1.00. The molecule has 2 N–H and O–H groups in total. The van der Waals surface area contributed by atoms with Crippen LogP contribution in [0.15, 0.2) is 48.5 Å². The topological polar surface area (TPSA) is 68.8 Å². The summed E-state index contributed by atoms with van der Waals surface area (Å²) in [6.45, 7) is 3.10. The van der Waals surface area contributed by atoms with E-state index in [1.54, 1.807) is 14.0 Å². The Bertz CT molecular complexity index is 1230. The maximum atomic E-state index is 13.0. The van der Waals surface area contributed by atoms with Crippen molar-refractivity contribution in [2.75, 3.05) is 34.3 Å². The van der Waals surface area contributed by atoms with Crippen molar-refractivity contribution >= 4 is 29.2 Å². The van der Waals surface area contributed by atoms with Crippen molar-refractivity contribution < 1.29 is 14.6 Å². The maximum absolute atomic E-state index is 13.0. The van der Waals surface area contributed by atoms with E-state index in [0.717, 1.165) is 35.5 Å². The number of carbonyl (C=O) groups is 1. The number of halogens is 1. The van der Waals surface area contributed by atoms with Crippen LogP contribution in [0.5, 0.6) is 5.75 Å². The average Bonchev–Trinajstić information content (AvgIpc) is 3.21. The fraction of sp³-hybridized carbons (Fsp3) is 0.464. The van der Waals surface area contributed by atoms with Crippen molar-refractivity contribution in [1.29, 1.82) is 0 Å². The first-order valence-corrected chi connectivity index (χ1v) is 12.2. The average molecular weight is 498 g/mol. The van der Waals surface area contributed by atoms with Crippen LogP contribution in [-0.2, 0) is 22.4 Å². The molecule has 1 aliphatic heterocycles. The number of nitrogens with one attached hydrogen (secondary N) is 1. The van der Waals surface area contributed by atoms with Gasteiger partial charge in [0.15, 0.2) is 0 Å². The fourth-order valence-electron chi connectivity index (χ4n) is 6.57. The van der Waals surface area contributed by atoms with E-state index >= 15 is 0 Å². The molecule has 35 heavy (non-hydrogen) atoms. The van der Waals surface area contributed by atoms with Crippen LogP contribution in [0.3, 0.4) is 0 Å². The highest BCUT2D eigenvalue weighted by molar-refractivity contribution is 5.86. The van der Waals surface area contributed by atoms with E-state index in [9.17, 15) is 9.90 Å². The van der Waals surface area contributed by atoms with Crippen molar-refractivity contribution in [3.8, 4) is 5.75 Å². The molecule has 0 bridgehead atoms. The van der Waals surface area contributed by atoms with Gasteiger partial charge in [-0.1, -0.05) is 30.3 Å². The number of aromatic nitrogens is 1. The fourth-order valence-corrected chi connectivity index (χ4v) is 6.57. The molecule has 0 saturated heterocycles. The molecule has 1 amide bonds. The first kappa shape index (κ1) is 25.5. The zero-order chi connectivity index (χ0) is 24.1. The lowest BCUT2D eigenvalue weighted by atomic mass is 9.61. The molecule has 1 spiro atoms. The molecular formula is C28H36ClN3O3. The van der Waals surface area contributed by atoms with Gasteiger partial charge in [0, 0.05) is 42.5 Å². The van der Waals surface area contributed by atoms with Crippen LogP contribution in [0.1, 0.15) is 43.0 Å². The monoisotopic (exact) mass is 497 g/mol. The van der Waals surface area contributed by atoms with Crippen LogP contribution in [-0.4, -0.2) is 60.1 Å². The largest absolute Gasteiger partial charge is 0.497 e. The number of fused-ring (bicyclic) bond motifs is 4. The summed E-state index contributed by atoms with van der Waals surface area (Å²) >= 11 is 0. The van der Waals surface area contributed by atoms with Crippen molar-refractivity contribution in [3.63, 3.8) is 0 Å². The highest BCUT2D eigenvalue weighted by atomic mass is 35.5. The second-order valence-electron chi connectivity index (χ2n) is 10.3. The Labute approximate surface area is 213 Å². The number of ether oxygens (including phenoxy) is 1. The van der Waals surface area contributed by atoms with Gasteiger partial charge in [-0.05, 0) is 69.1 Å². The molecule has 1 aliphatic carbocycles. The number of hydrogen-bond donors (Lipinski definition) is 2. The third kappa shape index (κ3) is 4.11. The lowest BCUT2D eigenvalue weighted by molar-refractivity contribution is -0.151. The Balaban J connectivity index is 0.00000289. The summed E-state index contributed by atoms with van der Waals surface area (Å²) in [5.41, 5.74) is 3.03. The molecule has 1 aromatic heterocycles. The van der Waals surface area contributed by atoms with Crippen LogP contribution < -0.4 is 4.74 Å². The van der Waals surface area contributed by atoms with Crippen LogP contribution in [0.25, 0.3) is 10.9 Å². The minimum Gasteiger partial charge on any atom is -0.497 e. The summed E-state index contributed by atoms with van der Waals surface area (Å²) < 4.78 is 5.47. The van der Waals surface area contributed by atoms with Gasteiger partial charge < -0.3 is 24.6 Å². The summed E-state index contributed by atoms with van der Waals surface area (Å²) in [4.78, 5) is 20.9. The molecule has 3 aromatic rings. The summed E-state index contributed by atoms with van der Waals surface area (Å²) in [6, 6.07) is 16.2. The molecule has 3 atom stereocenters. The molecule has 7 heteroatoms. The highest BCUT2D eigenvalue weighted by Crippen LogP contribution is 2.54. The molecule has 0 radical (unpaired) electrons. The number of hydrogen-bond acceptors (Lipinski definition) is 4. The molecule has 5 rings (SSSR count). The number of amides is 1. The number of rotatable bonds is 4. The molecule has 6 nitrogen and oxygen atoms in total. The van der Waals surface area contributed by atoms with E-state index < -0.39 is 11.1 Å². The number of aliphatic hydroxyl groups is 1. The molecule has 188 valence electrons. The first-order valence-electron chi connectivity index (χ1n) is 12.2. The van der Waals surface area contributed by atoms with Crippen LogP contribution in [0, 0.1) is 5.92 Å². The third-order valence-corrected chi connectivity index (χ3v) is 8.10. The van der Waals surface area contributed by atoms with Gasteiger partial charge in [0.05, 0.1) is 18.2 Å². The summed E-state index contributed by atoms with van der Waals surface area (Å²) in [5.74, 6) is 0.776.